The number of benzene rings is 1. The van der Waals surface area contributed by atoms with Gasteiger partial charge in [0, 0.05) is 16.1 Å². The molecule has 0 aliphatic rings. The van der Waals surface area contributed by atoms with E-state index in [2.05, 4.69) is 20.9 Å². The summed E-state index contributed by atoms with van der Waals surface area (Å²) < 4.78 is 0.937. The molecule has 2 aromatic rings. The Morgan fingerprint density at radius 3 is 2.93 bits per heavy atom. The van der Waals surface area contributed by atoms with Gasteiger partial charge in [-0.2, -0.15) is 0 Å². The van der Waals surface area contributed by atoms with Gasteiger partial charge in [0.05, 0.1) is 16.1 Å². The summed E-state index contributed by atoms with van der Waals surface area (Å²) in [7, 11) is 0. The first kappa shape index (κ1) is 9.62. The summed E-state index contributed by atoms with van der Waals surface area (Å²) in [5.41, 5.74) is 1.19. The highest BCUT2D eigenvalue weighted by Gasteiger charge is 2.05. The van der Waals surface area contributed by atoms with E-state index in [9.17, 15) is 4.79 Å². The van der Waals surface area contributed by atoms with E-state index < -0.39 is 0 Å². The molecule has 1 aromatic heterocycles. The van der Waals surface area contributed by atoms with Gasteiger partial charge in [0.15, 0.2) is 6.29 Å². The van der Waals surface area contributed by atoms with Crippen LogP contribution < -0.4 is 0 Å². The fourth-order valence-corrected chi connectivity index (χ4v) is 1.83. The maximum atomic E-state index is 10.6. The summed E-state index contributed by atoms with van der Waals surface area (Å²) in [6.45, 7) is 0. The highest BCUT2D eigenvalue weighted by Crippen LogP contribution is 2.26. The van der Waals surface area contributed by atoms with E-state index in [0.29, 0.717) is 16.9 Å². The molecule has 0 bridgehead atoms. The van der Waals surface area contributed by atoms with Gasteiger partial charge in [0.2, 0.25) is 0 Å². The largest absolute Gasteiger partial charge is 0.298 e. The Morgan fingerprint density at radius 2 is 2.21 bits per heavy atom. The number of rotatable bonds is 1. The van der Waals surface area contributed by atoms with Gasteiger partial charge >= 0.3 is 0 Å². The molecule has 0 unspecified atom stereocenters. The predicted molar refractivity (Wildman–Crippen MR) is 59.8 cm³/mol. The molecule has 0 radical (unpaired) electrons. The van der Waals surface area contributed by atoms with Crippen molar-refractivity contribution in [1.29, 1.82) is 0 Å². The van der Waals surface area contributed by atoms with Crippen LogP contribution in [0, 0.1) is 0 Å². The predicted octanol–water partition coefficient (Wildman–Crippen LogP) is 3.46. The second kappa shape index (κ2) is 3.67. The van der Waals surface area contributed by atoms with Crippen LogP contribution in [0.1, 0.15) is 10.4 Å². The van der Waals surface area contributed by atoms with E-state index >= 15 is 0 Å². The number of hydrogen-bond acceptors (Lipinski definition) is 2. The maximum absolute atomic E-state index is 10.6. The first-order valence-corrected chi connectivity index (χ1v) is 5.08. The third-order valence-electron chi connectivity index (χ3n) is 1.92. The number of halogens is 2. The Balaban J connectivity index is 2.83. The zero-order valence-corrected chi connectivity index (χ0v) is 9.34. The Kier molecular flexibility index (Phi) is 2.52. The Hall–Kier alpha value is -0.930. The lowest BCUT2D eigenvalue weighted by atomic mass is 10.2. The van der Waals surface area contributed by atoms with Crippen LogP contribution in [-0.2, 0) is 0 Å². The summed E-state index contributed by atoms with van der Waals surface area (Å²) in [6, 6.07) is 5.56. The maximum Gasteiger partial charge on any atom is 0.153 e. The quantitative estimate of drug-likeness (QED) is 0.743. The number of carbonyl (C=O) groups is 1. The second-order valence-electron chi connectivity index (χ2n) is 2.81. The minimum atomic E-state index is 0.418. The molecule has 0 amide bonds. The van der Waals surface area contributed by atoms with Crippen LogP contribution in [0.2, 0.25) is 5.02 Å². The number of pyridine rings is 1. The molecule has 14 heavy (non-hydrogen) atoms. The molecule has 70 valence electrons. The molecule has 0 spiro atoms. The molecule has 0 saturated carbocycles. The Labute approximate surface area is 94.0 Å². The number of hydrogen-bond donors (Lipinski definition) is 0. The lowest BCUT2D eigenvalue weighted by molar-refractivity contribution is 0.112. The first-order valence-electron chi connectivity index (χ1n) is 3.91. The van der Waals surface area contributed by atoms with Crippen molar-refractivity contribution < 1.29 is 4.79 Å². The minimum Gasteiger partial charge on any atom is -0.298 e. The summed E-state index contributed by atoms with van der Waals surface area (Å²) in [5, 5.41) is 1.25. The van der Waals surface area contributed by atoms with Crippen molar-refractivity contribution >= 4 is 44.7 Å². The lowest BCUT2D eigenvalue weighted by Crippen LogP contribution is -1.87. The molecule has 0 saturated heterocycles. The number of carbonyl (C=O) groups excluding carboxylic acids is 1. The van der Waals surface area contributed by atoms with Gasteiger partial charge < -0.3 is 0 Å². The van der Waals surface area contributed by atoms with Gasteiger partial charge in [-0.3, -0.25) is 9.78 Å². The standard InChI is InChI=1S/C10H5BrClNO/c11-7-1-2-8-9(3-7)13-4-6(5-14)10(8)12/h1-5H. The number of fused-ring (bicyclic) bond motifs is 1. The van der Waals surface area contributed by atoms with Crippen molar-refractivity contribution in [3.63, 3.8) is 0 Å². The topological polar surface area (TPSA) is 30.0 Å². The van der Waals surface area contributed by atoms with Gasteiger partial charge in [0.25, 0.3) is 0 Å². The molecule has 4 heteroatoms. The molecular formula is C10H5BrClNO. The smallest absolute Gasteiger partial charge is 0.153 e. The molecule has 0 aliphatic carbocycles. The van der Waals surface area contributed by atoms with Gasteiger partial charge in [0.1, 0.15) is 0 Å². The van der Waals surface area contributed by atoms with E-state index in [-0.39, 0.29) is 0 Å². The highest BCUT2D eigenvalue weighted by molar-refractivity contribution is 9.10. The fraction of sp³-hybridized carbons (Fsp3) is 0. The summed E-state index contributed by atoms with van der Waals surface area (Å²) >= 11 is 9.35. The molecule has 1 heterocycles. The molecule has 0 N–H and O–H groups in total. The molecule has 2 rings (SSSR count). The third-order valence-corrected chi connectivity index (χ3v) is 2.83. The number of aromatic nitrogens is 1. The molecule has 0 fully saturated rings. The van der Waals surface area contributed by atoms with Crippen LogP contribution in [0.5, 0.6) is 0 Å². The molecular weight excluding hydrogens is 265 g/mol. The van der Waals surface area contributed by atoms with Crippen LogP contribution >= 0.6 is 27.5 Å². The zero-order chi connectivity index (χ0) is 10.1. The van der Waals surface area contributed by atoms with E-state index in [4.69, 9.17) is 11.6 Å². The number of aldehydes is 1. The second-order valence-corrected chi connectivity index (χ2v) is 4.10. The SMILES string of the molecule is O=Cc1cnc2cc(Br)ccc2c1Cl. The molecule has 2 nitrogen and oxygen atoms in total. The van der Waals surface area contributed by atoms with E-state index in [1.54, 1.807) is 0 Å². The first-order chi connectivity index (χ1) is 6.72. The summed E-state index contributed by atoms with van der Waals surface area (Å²) in [4.78, 5) is 14.7. The average molecular weight is 271 g/mol. The van der Waals surface area contributed by atoms with Crippen molar-refractivity contribution in [3.05, 3.63) is 39.5 Å². The third kappa shape index (κ3) is 1.53. The van der Waals surface area contributed by atoms with Gasteiger partial charge in [-0.15, -0.1) is 0 Å². The van der Waals surface area contributed by atoms with Crippen molar-refractivity contribution in [2.75, 3.05) is 0 Å². The van der Waals surface area contributed by atoms with Crippen molar-refractivity contribution in [2.24, 2.45) is 0 Å². The molecule has 1 aromatic carbocycles. The lowest BCUT2D eigenvalue weighted by Gasteiger charge is -2.02. The number of nitrogens with zero attached hydrogens (tertiary/aromatic N) is 1. The Morgan fingerprint density at radius 1 is 1.43 bits per heavy atom. The van der Waals surface area contributed by atoms with Crippen LogP contribution in [0.4, 0.5) is 0 Å². The fourth-order valence-electron chi connectivity index (χ4n) is 1.23. The van der Waals surface area contributed by atoms with Crippen LogP contribution in [0.15, 0.2) is 28.9 Å². The highest BCUT2D eigenvalue weighted by atomic mass is 79.9. The van der Waals surface area contributed by atoms with Gasteiger partial charge in [-0.1, -0.05) is 33.6 Å². The summed E-state index contributed by atoms with van der Waals surface area (Å²) in [6.07, 6.45) is 2.18. The summed E-state index contributed by atoms with van der Waals surface area (Å²) in [5.74, 6) is 0. The van der Waals surface area contributed by atoms with E-state index in [1.165, 1.54) is 6.20 Å². The van der Waals surface area contributed by atoms with E-state index in [0.717, 1.165) is 15.4 Å². The normalized spacial score (nSPS) is 10.4. The molecule has 0 aliphatic heterocycles. The van der Waals surface area contributed by atoms with Crippen molar-refractivity contribution in [3.8, 4) is 0 Å². The minimum absolute atomic E-state index is 0.418. The zero-order valence-electron chi connectivity index (χ0n) is 7.00. The van der Waals surface area contributed by atoms with Crippen molar-refractivity contribution in [1.82, 2.24) is 4.98 Å². The van der Waals surface area contributed by atoms with Gasteiger partial charge in [-0.05, 0) is 12.1 Å². The van der Waals surface area contributed by atoms with E-state index in [1.807, 2.05) is 18.2 Å². The van der Waals surface area contributed by atoms with Crippen LogP contribution in [0.3, 0.4) is 0 Å². The average Bonchev–Trinajstić information content (AvgIpc) is 2.18. The Bertz CT molecular complexity index is 513. The van der Waals surface area contributed by atoms with Crippen molar-refractivity contribution in [2.45, 2.75) is 0 Å². The monoisotopic (exact) mass is 269 g/mol. The molecule has 0 atom stereocenters. The van der Waals surface area contributed by atoms with Crippen LogP contribution in [-0.4, -0.2) is 11.3 Å². The van der Waals surface area contributed by atoms with Crippen LogP contribution in [0.25, 0.3) is 10.9 Å². The van der Waals surface area contributed by atoms with Gasteiger partial charge in [-0.25, -0.2) is 0 Å².